The van der Waals surface area contributed by atoms with E-state index in [1.165, 1.54) is 20.3 Å². The molecule has 0 fully saturated rings. The summed E-state index contributed by atoms with van der Waals surface area (Å²) in [5.41, 5.74) is 2.83. The minimum Gasteiger partial charge on any atom is -0.322 e. The molecule has 0 spiro atoms. The summed E-state index contributed by atoms with van der Waals surface area (Å²) >= 11 is 0. The maximum absolute atomic E-state index is 12.9. The molecule has 7 nitrogen and oxygen atoms in total. The van der Waals surface area contributed by atoms with E-state index in [0.717, 1.165) is 16.7 Å². The smallest absolute Gasteiger partial charge is 0.322 e. The molecule has 1 amide bonds. The Kier molecular flexibility index (Phi) is 7.42. The number of amides is 1. The fraction of sp³-hybridized carbons (Fsp3) is 0.111. The predicted octanol–water partition coefficient (Wildman–Crippen LogP) is 5.25. The van der Waals surface area contributed by atoms with Crippen LogP contribution in [-0.4, -0.2) is 30.2 Å². The number of nitrogens with zero attached hydrogens (tertiary/aromatic N) is 2. The van der Waals surface area contributed by atoms with Crippen molar-refractivity contribution in [3.05, 3.63) is 131 Å². The Labute approximate surface area is 204 Å². The van der Waals surface area contributed by atoms with Crippen LogP contribution >= 0.6 is 7.60 Å². The van der Waals surface area contributed by atoms with Crippen LogP contribution in [-0.2, 0) is 23.9 Å². The second kappa shape index (κ2) is 10.7. The van der Waals surface area contributed by atoms with E-state index in [1.807, 2.05) is 65.4 Å². The number of carbonyl (C=O) groups excluding carboxylic acids is 1. The Morgan fingerprint density at radius 2 is 1.31 bits per heavy atom. The summed E-state index contributed by atoms with van der Waals surface area (Å²) in [6.45, 7) is 0. The van der Waals surface area contributed by atoms with Gasteiger partial charge in [0.1, 0.15) is 11.0 Å². The normalized spacial score (nSPS) is 12.3. The predicted molar refractivity (Wildman–Crippen MR) is 136 cm³/mol. The second-order valence-corrected chi connectivity index (χ2v) is 9.88. The van der Waals surface area contributed by atoms with E-state index >= 15 is 0 Å². The van der Waals surface area contributed by atoms with Gasteiger partial charge in [0.05, 0.1) is 12.0 Å². The number of carbonyl (C=O) groups is 1. The molecule has 3 aromatic carbocycles. The lowest BCUT2D eigenvalue weighted by atomic mass is 9.77. The van der Waals surface area contributed by atoms with E-state index < -0.39 is 13.1 Å². The molecule has 0 aliphatic rings. The average molecular weight is 487 g/mol. The van der Waals surface area contributed by atoms with Gasteiger partial charge in [0.15, 0.2) is 0 Å². The summed E-state index contributed by atoms with van der Waals surface area (Å²) in [5.74, 6) is 0. The van der Waals surface area contributed by atoms with Gasteiger partial charge >= 0.3 is 7.60 Å². The number of imidazole rings is 1. The molecule has 0 bridgehead atoms. The van der Waals surface area contributed by atoms with Gasteiger partial charge in [-0.15, -0.1) is 0 Å². The fourth-order valence-corrected chi connectivity index (χ4v) is 5.30. The molecular formula is C27H26N3O4P. The minimum atomic E-state index is -3.71. The minimum absolute atomic E-state index is 0.00696. The van der Waals surface area contributed by atoms with Crippen LogP contribution in [0.25, 0.3) is 6.08 Å². The maximum Gasteiger partial charge on any atom is 0.377 e. The lowest BCUT2D eigenvalue weighted by Gasteiger charge is -2.37. The van der Waals surface area contributed by atoms with Crippen LogP contribution < -0.4 is 5.32 Å². The van der Waals surface area contributed by atoms with E-state index in [-0.39, 0.29) is 5.44 Å². The van der Waals surface area contributed by atoms with Crippen LogP contribution in [0.15, 0.2) is 109 Å². The van der Waals surface area contributed by atoms with Crippen molar-refractivity contribution in [3.8, 4) is 0 Å². The van der Waals surface area contributed by atoms with Gasteiger partial charge in [-0.2, -0.15) is 0 Å². The maximum atomic E-state index is 12.9. The lowest BCUT2D eigenvalue weighted by Crippen LogP contribution is -2.36. The molecule has 0 aliphatic carbocycles. The van der Waals surface area contributed by atoms with Gasteiger partial charge in [0.25, 0.3) is 0 Å². The van der Waals surface area contributed by atoms with Crippen molar-refractivity contribution < 1.29 is 18.4 Å². The summed E-state index contributed by atoms with van der Waals surface area (Å²) in [4.78, 5) is 15.8. The standard InChI is InChI=1S/C27H26N3O4P/c1-33-35(32,34-2)26(29-21-31)18-25-19-30(20-28-25)27(22-12-6-3-7-13-22,23-14-8-4-9-15-23)24-16-10-5-11-17-24/h3-21H,1-2H3,(H,29,31)/b26-18+. The first-order valence-corrected chi connectivity index (χ1v) is 12.5. The zero-order chi connectivity index (χ0) is 24.7. The van der Waals surface area contributed by atoms with E-state index in [2.05, 4.69) is 46.7 Å². The molecule has 0 saturated carbocycles. The number of aromatic nitrogens is 2. The monoisotopic (exact) mass is 487 g/mol. The SMILES string of the molecule is COP(=O)(OC)/C(=C/c1cn(C(c2ccccc2)(c2ccccc2)c2ccccc2)cn1)NC=O. The molecule has 178 valence electrons. The van der Waals surface area contributed by atoms with Gasteiger partial charge in [0, 0.05) is 20.4 Å². The topological polar surface area (TPSA) is 82.4 Å². The second-order valence-electron chi connectivity index (χ2n) is 7.67. The van der Waals surface area contributed by atoms with Crippen LogP contribution in [0.3, 0.4) is 0 Å². The first-order chi connectivity index (χ1) is 17.1. The molecular weight excluding hydrogens is 461 g/mol. The molecule has 0 saturated heterocycles. The highest BCUT2D eigenvalue weighted by Crippen LogP contribution is 2.53. The zero-order valence-corrected chi connectivity index (χ0v) is 20.3. The molecule has 0 aliphatic heterocycles. The van der Waals surface area contributed by atoms with E-state index in [1.54, 1.807) is 6.33 Å². The number of nitrogens with one attached hydrogen (secondary N) is 1. The Balaban J connectivity index is 1.98. The van der Waals surface area contributed by atoms with Crippen LogP contribution in [0.4, 0.5) is 0 Å². The number of hydrogen-bond donors (Lipinski definition) is 1. The Hall–Kier alpha value is -3.77. The highest BCUT2D eigenvalue weighted by Gasteiger charge is 2.38. The number of hydrogen-bond acceptors (Lipinski definition) is 5. The highest BCUT2D eigenvalue weighted by molar-refractivity contribution is 7.58. The van der Waals surface area contributed by atoms with Crippen molar-refractivity contribution in [3.63, 3.8) is 0 Å². The first kappa shape index (κ1) is 24.4. The van der Waals surface area contributed by atoms with Crippen LogP contribution in [0, 0.1) is 0 Å². The van der Waals surface area contributed by atoms with Crippen LogP contribution in [0.5, 0.6) is 0 Å². The van der Waals surface area contributed by atoms with E-state index in [0.29, 0.717) is 12.1 Å². The summed E-state index contributed by atoms with van der Waals surface area (Å²) in [6, 6.07) is 30.5. The Morgan fingerprint density at radius 3 is 1.71 bits per heavy atom. The van der Waals surface area contributed by atoms with Gasteiger partial charge in [-0.1, -0.05) is 91.0 Å². The van der Waals surface area contributed by atoms with E-state index in [9.17, 15) is 9.36 Å². The summed E-state index contributed by atoms with van der Waals surface area (Å²) in [6.07, 6.45) is 5.48. The third kappa shape index (κ3) is 4.62. The Morgan fingerprint density at radius 1 is 0.857 bits per heavy atom. The first-order valence-electron chi connectivity index (χ1n) is 10.9. The third-order valence-electron chi connectivity index (χ3n) is 5.83. The molecule has 8 heteroatoms. The van der Waals surface area contributed by atoms with Gasteiger partial charge in [-0.05, 0) is 22.8 Å². The number of benzene rings is 3. The molecule has 1 heterocycles. The average Bonchev–Trinajstić information content (AvgIpc) is 3.39. The van der Waals surface area contributed by atoms with Gasteiger partial charge < -0.3 is 18.9 Å². The molecule has 0 radical (unpaired) electrons. The summed E-state index contributed by atoms with van der Waals surface area (Å²) in [5, 5.41) is 2.43. The van der Waals surface area contributed by atoms with Gasteiger partial charge in [-0.25, -0.2) is 4.98 Å². The molecule has 0 atom stereocenters. The highest BCUT2D eigenvalue weighted by atomic mass is 31.2. The molecule has 35 heavy (non-hydrogen) atoms. The van der Waals surface area contributed by atoms with Gasteiger partial charge in [-0.3, -0.25) is 9.36 Å². The number of rotatable bonds is 10. The molecule has 4 rings (SSSR count). The van der Waals surface area contributed by atoms with Crippen LogP contribution in [0.1, 0.15) is 22.4 Å². The molecule has 1 N–H and O–H groups in total. The third-order valence-corrected chi connectivity index (χ3v) is 7.64. The fourth-order valence-electron chi connectivity index (χ4n) is 4.25. The van der Waals surface area contributed by atoms with Crippen molar-refractivity contribution in [2.45, 2.75) is 5.54 Å². The quantitative estimate of drug-likeness (QED) is 0.188. The summed E-state index contributed by atoms with van der Waals surface area (Å²) < 4.78 is 25.1. The van der Waals surface area contributed by atoms with Crippen molar-refractivity contribution >= 4 is 20.1 Å². The Bertz CT molecular complexity index is 1230. The van der Waals surface area contributed by atoms with Gasteiger partial charge in [0.2, 0.25) is 6.41 Å². The molecule has 1 aromatic heterocycles. The van der Waals surface area contributed by atoms with Crippen LogP contribution in [0.2, 0.25) is 0 Å². The lowest BCUT2D eigenvalue weighted by molar-refractivity contribution is -0.108. The molecule has 0 unspecified atom stereocenters. The summed E-state index contributed by atoms with van der Waals surface area (Å²) in [7, 11) is -1.19. The van der Waals surface area contributed by atoms with Crippen molar-refractivity contribution in [1.29, 1.82) is 0 Å². The largest absolute Gasteiger partial charge is 0.377 e. The molecule has 4 aromatic rings. The van der Waals surface area contributed by atoms with Crippen molar-refractivity contribution in [2.24, 2.45) is 0 Å². The van der Waals surface area contributed by atoms with E-state index in [4.69, 9.17) is 9.05 Å². The van der Waals surface area contributed by atoms with Crippen molar-refractivity contribution in [2.75, 3.05) is 14.2 Å². The zero-order valence-electron chi connectivity index (χ0n) is 19.4. The van der Waals surface area contributed by atoms with Crippen molar-refractivity contribution in [1.82, 2.24) is 14.9 Å².